The number of hydrogen-bond donors (Lipinski definition) is 2. The number of nitrogens with two attached hydrogens (primary N) is 1. The van der Waals surface area contributed by atoms with Gasteiger partial charge in [-0.2, -0.15) is 5.26 Å². The second kappa shape index (κ2) is 6.36. The molecular weight excluding hydrogens is 310 g/mol. The first kappa shape index (κ1) is 15.5. The zero-order valence-corrected chi connectivity index (χ0v) is 13.8. The molecule has 0 aliphatic carbocycles. The Kier molecular flexibility index (Phi) is 4.28. The summed E-state index contributed by atoms with van der Waals surface area (Å²) >= 11 is 1.63. The summed E-state index contributed by atoms with van der Waals surface area (Å²) in [5.74, 6) is 1.62. The topological polar surface area (TPSA) is 101 Å². The van der Waals surface area contributed by atoms with Crippen molar-refractivity contribution in [1.82, 2.24) is 9.97 Å². The number of nitriles is 1. The molecule has 3 N–H and O–H groups in total. The number of aromatic nitrogens is 2. The molecule has 3 aromatic rings. The Bertz CT molecular complexity index is 861. The van der Waals surface area contributed by atoms with Crippen molar-refractivity contribution < 1.29 is 4.42 Å². The highest BCUT2D eigenvalue weighted by Gasteiger charge is 2.17. The van der Waals surface area contributed by atoms with Crippen LogP contribution in [0.4, 0.5) is 5.82 Å². The molecule has 0 aliphatic rings. The Morgan fingerprint density at radius 2 is 2.30 bits per heavy atom. The molecule has 0 radical (unpaired) electrons. The molecule has 3 rings (SSSR count). The van der Waals surface area contributed by atoms with Crippen LogP contribution >= 0.6 is 11.3 Å². The number of aryl methyl sites for hydroxylation is 1. The van der Waals surface area contributed by atoms with E-state index in [0.29, 0.717) is 12.4 Å². The smallest absolute Gasteiger partial charge is 0.234 e. The molecule has 0 bridgehead atoms. The monoisotopic (exact) mass is 327 g/mol. The lowest BCUT2D eigenvalue weighted by Gasteiger charge is -2.05. The summed E-state index contributed by atoms with van der Waals surface area (Å²) < 4.78 is 6.27. The third-order valence-electron chi connectivity index (χ3n) is 3.48. The van der Waals surface area contributed by atoms with E-state index in [1.54, 1.807) is 17.6 Å². The van der Waals surface area contributed by atoms with E-state index in [1.165, 1.54) is 4.88 Å². The molecular formula is C16H17N5OS. The molecule has 1 atom stereocenters. The highest BCUT2D eigenvalue weighted by molar-refractivity contribution is 7.19. The van der Waals surface area contributed by atoms with Gasteiger partial charge in [-0.3, -0.25) is 0 Å². The van der Waals surface area contributed by atoms with Crippen LogP contribution in [-0.4, -0.2) is 16.0 Å². The van der Waals surface area contributed by atoms with Gasteiger partial charge in [0.15, 0.2) is 0 Å². The van der Waals surface area contributed by atoms with E-state index in [-0.39, 0.29) is 11.9 Å². The molecule has 118 valence electrons. The van der Waals surface area contributed by atoms with Crippen molar-refractivity contribution in [2.24, 2.45) is 5.73 Å². The zero-order valence-electron chi connectivity index (χ0n) is 13.0. The summed E-state index contributed by atoms with van der Waals surface area (Å²) in [4.78, 5) is 9.85. The molecule has 0 amide bonds. The van der Waals surface area contributed by atoms with Crippen LogP contribution in [0.3, 0.4) is 0 Å². The van der Waals surface area contributed by atoms with E-state index in [2.05, 4.69) is 15.3 Å². The largest absolute Gasteiger partial charge is 0.467 e. The Morgan fingerprint density at radius 3 is 2.96 bits per heavy atom. The fourth-order valence-corrected chi connectivity index (χ4v) is 3.73. The minimum atomic E-state index is 0.0738. The van der Waals surface area contributed by atoms with Gasteiger partial charge in [-0.25, -0.2) is 9.97 Å². The molecule has 6 nitrogen and oxygen atoms in total. The predicted molar refractivity (Wildman–Crippen MR) is 90.3 cm³/mol. The van der Waals surface area contributed by atoms with Gasteiger partial charge in [-0.05, 0) is 38.0 Å². The number of fused-ring (bicyclic) bond motifs is 1. The van der Waals surface area contributed by atoms with E-state index < -0.39 is 0 Å². The van der Waals surface area contributed by atoms with Crippen molar-refractivity contribution >= 4 is 27.4 Å². The molecule has 0 aliphatic heterocycles. The maximum atomic E-state index is 9.18. The van der Waals surface area contributed by atoms with Crippen LogP contribution in [-0.2, 0) is 13.0 Å². The highest BCUT2D eigenvalue weighted by Crippen LogP contribution is 2.34. The average Bonchev–Trinajstić information content (AvgIpc) is 3.14. The third-order valence-corrected chi connectivity index (χ3v) is 4.79. The van der Waals surface area contributed by atoms with Gasteiger partial charge in [-0.1, -0.05) is 0 Å². The van der Waals surface area contributed by atoms with Crippen LogP contribution in [0.25, 0.3) is 10.2 Å². The van der Waals surface area contributed by atoms with Crippen LogP contribution in [0, 0.1) is 18.3 Å². The average molecular weight is 327 g/mol. The van der Waals surface area contributed by atoms with Gasteiger partial charge in [-0.15, -0.1) is 11.3 Å². The standard InChI is InChI=1S/C16H17N5OS/c1-9(18)6-12-10(2)14-15(23-12)16(21-13(7-17)20-14)19-8-11-4-3-5-22-11/h3-5,9H,6,8,18H2,1-2H3,(H,19,20,21)/t9-/m1/s1. The summed E-state index contributed by atoms with van der Waals surface area (Å²) in [6.45, 7) is 4.50. The summed E-state index contributed by atoms with van der Waals surface area (Å²) in [7, 11) is 0. The predicted octanol–water partition coefficient (Wildman–Crippen LogP) is 2.97. The van der Waals surface area contributed by atoms with Gasteiger partial charge >= 0.3 is 0 Å². The van der Waals surface area contributed by atoms with Gasteiger partial charge in [0.05, 0.1) is 23.0 Å². The maximum Gasteiger partial charge on any atom is 0.234 e. The molecule has 0 saturated heterocycles. The molecule has 23 heavy (non-hydrogen) atoms. The van der Waals surface area contributed by atoms with Crippen molar-refractivity contribution in [2.45, 2.75) is 32.9 Å². The van der Waals surface area contributed by atoms with Crippen LogP contribution in [0.15, 0.2) is 22.8 Å². The van der Waals surface area contributed by atoms with Crippen molar-refractivity contribution in [1.29, 1.82) is 5.26 Å². The number of furan rings is 1. The van der Waals surface area contributed by atoms with Gasteiger partial charge in [0.1, 0.15) is 17.6 Å². The van der Waals surface area contributed by atoms with Crippen molar-refractivity contribution in [2.75, 3.05) is 5.32 Å². The van der Waals surface area contributed by atoms with Gasteiger partial charge < -0.3 is 15.5 Å². The minimum absolute atomic E-state index is 0.0738. The van der Waals surface area contributed by atoms with Crippen LogP contribution < -0.4 is 11.1 Å². The van der Waals surface area contributed by atoms with Gasteiger partial charge in [0, 0.05) is 10.9 Å². The Balaban J connectivity index is 2.02. The number of anilines is 1. The van der Waals surface area contributed by atoms with E-state index in [0.717, 1.165) is 28.0 Å². The molecule has 0 unspecified atom stereocenters. The fourth-order valence-electron chi connectivity index (χ4n) is 2.37. The number of hydrogen-bond acceptors (Lipinski definition) is 7. The van der Waals surface area contributed by atoms with Crippen LogP contribution in [0.1, 0.15) is 28.9 Å². The highest BCUT2D eigenvalue weighted by atomic mass is 32.1. The molecule has 3 aromatic heterocycles. The maximum absolute atomic E-state index is 9.18. The van der Waals surface area contributed by atoms with Gasteiger partial charge in [0.25, 0.3) is 0 Å². The summed E-state index contributed by atoms with van der Waals surface area (Å²) in [5.41, 5.74) is 7.81. The van der Waals surface area contributed by atoms with Crippen LogP contribution in [0.5, 0.6) is 0 Å². The summed E-state index contributed by atoms with van der Waals surface area (Å²) in [5, 5.41) is 12.4. The van der Waals surface area contributed by atoms with E-state index >= 15 is 0 Å². The third kappa shape index (κ3) is 3.18. The molecule has 0 fully saturated rings. The molecule has 0 saturated carbocycles. The lowest BCUT2D eigenvalue weighted by atomic mass is 10.1. The second-order valence-corrected chi connectivity index (χ2v) is 6.56. The van der Waals surface area contributed by atoms with Gasteiger partial charge in [0.2, 0.25) is 5.82 Å². The number of thiophene rings is 1. The second-order valence-electron chi connectivity index (χ2n) is 5.45. The lowest BCUT2D eigenvalue weighted by Crippen LogP contribution is -2.17. The summed E-state index contributed by atoms with van der Waals surface area (Å²) in [6.07, 6.45) is 2.41. The quantitative estimate of drug-likeness (QED) is 0.747. The Hall–Kier alpha value is -2.43. The Morgan fingerprint density at radius 1 is 1.48 bits per heavy atom. The first-order valence-electron chi connectivity index (χ1n) is 7.30. The van der Waals surface area contributed by atoms with Crippen molar-refractivity contribution in [3.8, 4) is 6.07 Å². The zero-order chi connectivity index (χ0) is 16.4. The minimum Gasteiger partial charge on any atom is -0.467 e. The van der Waals surface area contributed by atoms with Crippen molar-refractivity contribution in [3.63, 3.8) is 0 Å². The number of rotatable bonds is 5. The van der Waals surface area contributed by atoms with Crippen molar-refractivity contribution in [3.05, 3.63) is 40.4 Å². The first-order valence-corrected chi connectivity index (χ1v) is 8.12. The Labute approximate surface area is 138 Å². The molecule has 3 heterocycles. The fraction of sp³-hybridized carbons (Fsp3) is 0.312. The number of nitrogens with one attached hydrogen (secondary N) is 1. The van der Waals surface area contributed by atoms with E-state index in [4.69, 9.17) is 10.2 Å². The number of nitrogens with zero attached hydrogens (tertiary/aromatic N) is 3. The SMILES string of the molecule is Cc1c(C[C@@H](C)N)sc2c(NCc3ccco3)nc(C#N)nc12. The molecule has 0 spiro atoms. The first-order chi connectivity index (χ1) is 11.1. The summed E-state index contributed by atoms with van der Waals surface area (Å²) in [6, 6.07) is 5.82. The van der Waals surface area contributed by atoms with E-state index in [1.807, 2.05) is 32.0 Å². The normalized spacial score (nSPS) is 12.3. The van der Waals surface area contributed by atoms with E-state index in [9.17, 15) is 5.26 Å². The van der Waals surface area contributed by atoms with Crippen LogP contribution in [0.2, 0.25) is 0 Å². The lowest BCUT2D eigenvalue weighted by molar-refractivity contribution is 0.518. The molecule has 0 aromatic carbocycles. The molecule has 7 heteroatoms.